The molecular formula is C30H38N2O4. The molecule has 36 heavy (non-hydrogen) atoms. The Balaban J connectivity index is 1.10. The van der Waals surface area contributed by atoms with Crippen LogP contribution in [0.3, 0.4) is 0 Å². The first-order chi connectivity index (χ1) is 17.3. The topological polar surface area (TPSA) is 59.1 Å². The summed E-state index contributed by atoms with van der Waals surface area (Å²) < 4.78 is 12.1. The van der Waals surface area contributed by atoms with E-state index in [1.807, 2.05) is 24.3 Å². The van der Waals surface area contributed by atoms with Crippen molar-refractivity contribution in [2.75, 3.05) is 38.7 Å². The van der Waals surface area contributed by atoms with Gasteiger partial charge in [0.1, 0.15) is 28.8 Å². The molecule has 2 saturated carbocycles. The highest BCUT2D eigenvalue weighted by molar-refractivity contribution is 6.08. The highest BCUT2D eigenvalue weighted by Crippen LogP contribution is 2.49. The van der Waals surface area contributed by atoms with Gasteiger partial charge >= 0.3 is 0 Å². The second-order valence-electron chi connectivity index (χ2n) is 11.1. The van der Waals surface area contributed by atoms with Crippen molar-refractivity contribution in [2.24, 2.45) is 11.3 Å². The van der Waals surface area contributed by atoms with Crippen LogP contribution < -0.4 is 14.4 Å². The van der Waals surface area contributed by atoms with Crippen molar-refractivity contribution in [1.29, 1.82) is 0 Å². The summed E-state index contributed by atoms with van der Waals surface area (Å²) in [6.07, 6.45) is 5.48. The predicted molar refractivity (Wildman–Crippen MR) is 141 cm³/mol. The lowest BCUT2D eigenvalue weighted by Crippen LogP contribution is -2.36. The molecule has 1 saturated heterocycles. The van der Waals surface area contributed by atoms with Gasteiger partial charge in [-0.2, -0.15) is 0 Å². The minimum atomic E-state index is -0.765. The molecule has 3 fully saturated rings. The summed E-state index contributed by atoms with van der Waals surface area (Å²) in [5.74, 6) is 2.65. The Morgan fingerprint density at radius 1 is 1.00 bits per heavy atom. The van der Waals surface area contributed by atoms with Crippen LogP contribution in [0.15, 0.2) is 48.5 Å². The number of hydrogen-bond donors (Lipinski definition) is 0. The van der Waals surface area contributed by atoms with Crippen LogP contribution in [0.2, 0.25) is 0 Å². The fourth-order valence-electron chi connectivity index (χ4n) is 5.13. The van der Waals surface area contributed by atoms with E-state index in [-0.39, 0.29) is 23.7 Å². The van der Waals surface area contributed by atoms with E-state index in [0.717, 1.165) is 49.1 Å². The standard InChI is InChI=1S/C30H38N2O4/c1-21(18-28(33)30(15-16-30)29(34)31(2)3)23-6-10-26(11-7-23)36-27-14-17-32(19-27)24-8-12-25(13-9-24)35-20-22-4-5-22/h6-13,21-22,27H,4-5,14-20H2,1-3H3/t21-,27-/m1/s1. The van der Waals surface area contributed by atoms with Crippen molar-refractivity contribution in [2.45, 2.75) is 57.5 Å². The number of carbonyl (C=O) groups is 2. The number of hydrogen-bond acceptors (Lipinski definition) is 5. The monoisotopic (exact) mass is 490 g/mol. The van der Waals surface area contributed by atoms with Crippen molar-refractivity contribution in [3.8, 4) is 11.5 Å². The van der Waals surface area contributed by atoms with E-state index in [0.29, 0.717) is 19.3 Å². The molecule has 192 valence electrons. The Kier molecular flexibility index (Phi) is 6.96. The van der Waals surface area contributed by atoms with Gasteiger partial charge in [-0.1, -0.05) is 19.1 Å². The number of nitrogens with zero attached hydrogens (tertiary/aromatic N) is 2. The predicted octanol–water partition coefficient (Wildman–Crippen LogP) is 5.06. The first-order valence-corrected chi connectivity index (χ1v) is 13.3. The van der Waals surface area contributed by atoms with Crippen LogP contribution in [0.5, 0.6) is 11.5 Å². The third-order valence-corrected chi connectivity index (χ3v) is 7.87. The minimum Gasteiger partial charge on any atom is -0.493 e. The van der Waals surface area contributed by atoms with Crippen LogP contribution >= 0.6 is 0 Å². The molecule has 1 amide bonds. The van der Waals surface area contributed by atoms with Crippen molar-refractivity contribution < 1.29 is 19.1 Å². The van der Waals surface area contributed by atoms with Crippen LogP contribution in [-0.2, 0) is 9.59 Å². The average molecular weight is 491 g/mol. The summed E-state index contributed by atoms with van der Waals surface area (Å²) in [5, 5.41) is 0. The molecule has 2 atom stereocenters. The summed E-state index contributed by atoms with van der Waals surface area (Å²) in [6.45, 7) is 4.72. The van der Waals surface area contributed by atoms with Crippen LogP contribution in [0.1, 0.15) is 56.9 Å². The van der Waals surface area contributed by atoms with Crippen molar-refractivity contribution in [3.05, 3.63) is 54.1 Å². The van der Waals surface area contributed by atoms with Crippen LogP contribution in [0, 0.1) is 11.3 Å². The fourth-order valence-corrected chi connectivity index (χ4v) is 5.13. The normalized spacial score (nSPS) is 21.1. The number of Topliss-reactive ketones (excluding diaryl/α,β-unsaturated/α-hetero) is 1. The molecule has 1 aliphatic heterocycles. The van der Waals surface area contributed by atoms with E-state index in [4.69, 9.17) is 9.47 Å². The number of ketones is 1. The largest absolute Gasteiger partial charge is 0.493 e. The third-order valence-electron chi connectivity index (χ3n) is 7.87. The smallest absolute Gasteiger partial charge is 0.235 e. The van der Waals surface area contributed by atoms with Gasteiger partial charge in [0.25, 0.3) is 0 Å². The van der Waals surface area contributed by atoms with E-state index < -0.39 is 5.41 Å². The molecule has 0 bridgehead atoms. The molecule has 0 N–H and O–H groups in total. The van der Waals surface area contributed by atoms with E-state index in [1.165, 1.54) is 18.5 Å². The summed E-state index contributed by atoms with van der Waals surface area (Å²) in [4.78, 5) is 29.3. The first-order valence-electron chi connectivity index (χ1n) is 13.3. The molecule has 6 nitrogen and oxygen atoms in total. The third kappa shape index (κ3) is 5.53. The molecule has 0 radical (unpaired) electrons. The molecule has 6 heteroatoms. The van der Waals surface area contributed by atoms with Gasteiger partial charge in [0.05, 0.1) is 13.2 Å². The first kappa shape index (κ1) is 24.7. The maximum absolute atomic E-state index is 12.9. The number of amides is 1. The van der Waals surface area contributed by atoms with Gasteiger partial charge in [0.15, 0.2) is 0 Å². The Bertz CT molecular complexity index is 1070. The van der Waals surface area contributed by atoms with Crippen molar-refractivity contribution in [3.63, 3.8) is 0 Å². The molecule has 5 rings (SSSR count). The molecule has 2 aromatic carbocycles. The highest BCUT2D eigenvalue weighted by atomic mass is 16.5. The average Bonchev–Trinajstić information content (AvgIpc) is 3.81. The minimum absolute atomic E-state index is 0.0492. The van der Waals surface area contributed by atoms with Gasteiger partial charge in [-0.3, -0.25) is 9.59 Å². The Morgan fingerprint density at radius 3 is 2.28 bits per heavy atom. The molecule has 2 aliphatic carbocycles. The van der Waals surface area contributed by atoms with Gasteiger partial charge in [-0.15, -0.1) is 0 Å². The zero-order valence-electron chi connectivity index (χ0n) is 21.7. The van der Waals surface area contributed by atoms with E-state index in [9.17, 15) is 9.59 Å². The van der Waals surface area contributed by atoms with Gasteiger partial charge in [0.2, 0.25) is 5.91 Å². The van der Waals surface area contributed by atoms with Gasteiger partial charge < -0.3 is 19.3 Å². The van der Waals surface area contributed by atoms with Crippen LogP contribution in [0.4, 0.5) is 5.69 Å². The molecule has 2 aromatic rings. The second-order valence-corrected chi connectivity index (χ2v) is 11.1. The van der Waals surface area contributed by atoms with Gasteiger partial charge in [0, 0.05) is 39.2 Å². The van der Waals surface area contributed by atoms with E-state index in [2.05, 4.69) is 36.1 Å². The number of anilines is 1. The Labute approximate surface area is 214 Å². The number of carbonyl (C=O) groups excluding carboxylic acids is 2. The molecule has 1 heterocycles. The Morgan fingerprint density at radius 2 is 1.67 bits per heavy atom. The zero-order valence-corrected chi connectivity index (χ0v) is 21.7. The Hall–Kier alpha value is -3.02. The fraction of sp³-hybridized carbons (Fsp3) is 0.533. The maximum Gasteiger partial charge on any atom is 0.235 e. The molecule has 0 unspecified atom stereocenters. The molecule has 0 spiro atoms. The number of benzene rings is 2. The summed E-state index contributed by atoms with van der Waals surface area (Å²) >= 11 is 0. The lowest BCUT2D eigenvalue weighted by atomic mass is 9.88. The summed E-state index contributed by atoms with van der Waals surface area (Å²) in [5.41, 5.74) is 1.54. The molecule has 0 aromatic heterocycles. The number of rotatable bonds is 11. The van der Waals surface area contributed by atoms with E-state index in [1.54, 1.807) is 19.0 Å². The zero-order chi connectivity index (χ0) is 25.3. The highest BCUT2D eigenvalue weighted by Gasteiger charge is 2.56. The van der Waals surface area contributed by atoms with Crippen LogP contribution in [0.25, 0.3) is 0 Å². The quantitative estimate of drug-likeness (QED) is 0.412. The van der Waals surface area contributed by atoms with Gasteiger partial charge in [-0.25, -0.2) is 0 Å². The van der Waals surface area contributed by atoms with Crippen molar-refractivity contribution >= 4 is 17.4 Å². The summed E-state index contributed by atoms with van der Waals surface area (Å²) in [6, 6.07) is 16.5. The SMILES string of the molecule is C[C@H](CC(=O)C1(C(=O)N(C)C)CC1)c1ccc(O[C@@H]2CCN(c3ccc(OCC4CC4)cc3)C2)cc1. The summed E-state index contributed by atoms with van der Waals surface area (Å²) in [7, 11) is 3.45. The van der Waals surface area contributed by atoms with Gasteiger partial charge in [-0.05, 0) is 79.5 Å². The lowest BCUT2D eigenvalue weighted by Gasteiger charge is -2.21. The number of ether oxygens (including phenoxy) is 2. The second kappa shape index (κ2) is 10.2. The molecule has 3 aliphatic rings. The van der Waals surface area contributed by atoms with Crippen molar-refractivity contribution in [1.82, 2.24) is 4.90 Å². The van der Waals surface area contributed by atoms with E-state index >= 15 is 0 Å². The van der Waals surface area contributed by atoms with Crippen LogP contribution in [-0.4, -0.2) is 56.5 Å². The lowest BCUT2D eigenvalue weighted by molar-refractivity contribution is -0.141. The maximum atomic E-state index is 12.9. The molecular weight excluding hydrogens is 452 g/mol.